The summed E-state index contributed by atoms with van der Waals surface area (Å²) in [6.07, 6.45) is 5.56. The molecule has 4 heterocycles. The summed E-state index contributed by atoms with van der Waals surface area (Å²) in [5.41, 5.74) is 3.43. The van der Waals surface area contributed by atoms with Crippen LogP contribution in [-0.4, -0.2) is 57.3 Å². The highest BCUT2D eigenvalue weighted by molar-refractivity contribution is 5.95. The molecule has 1 atom stereocenters. The Morgan fingerprint density at radius 2 is 1.94 bits per heavy atom. The van der Waals surface area contributed by atoms with Crippen LogP contribution in [0.15, 0.2) is 41.3 Å². The second kappa shape index (κ2) is 9.56. The van der Waals surface area contributed by atoms with Gasteiger partial charge in [0.2, 0.25) is 5.91 Å². The van der Waals surface area contributed by atoms with Gasteiger partial charge in [-0.05, 0) is 50.8 Å². The van der Waals surface area contributed by atoms with Gasteiger partial charge in [0, 0.05) is 49.9 Å². The van der Waals surface area contributed by atoms with Gasteiger partial charge in [0.25, 0.3) is 5.56 Å². The molecule has 184 valence electrons. The van der Waals surface area contributed by atoms with Crippen LogP contribution in [0.3, 0.4) is 0 Å². The third kappa shape index (κ3) is 4.31. The number of pyridine rings is 1. The molecule has 1 aromatic carbocycles. The molecular weight excluding hydrogens is 446 g/mol. The monoisotopic (exact) mass is 477 g/mol. The van der Waals surface area contributed by atoms with Gasteiger partial charge in [-0.2, -0.15) is 0 Å². The fraction of sp³-hybridized carbons (Fsp3) is 0.462. The quantitative estimate of drug-likeness (QED) is 0.564. The van der Waals surface area contributed by atoms with Crippen molar-refractivity contribution in [3.05, 3.63) is 58.3 Å². The first-order valence-corrected chi connectivity index (χ1v) is 12.3. The van der Waals surface area contributed by atoms with Gasteiger partial charge in [-0.3, -0.25) is 14.5 Å². The lowest BCUT2D eigenvalue weighted by Gasteiger charge is -2.34. The summed E-state index contributed by atoms with van der Waals surface area (Å²) < 4.78 is 8.69. The van der Waals surface area contributed by atoms with Crippen molar-refractivity contribution >= 4 is 28.7 Å². The lowest BCUT2D eigenvalue weighted by Crippen LogP contribution is -2.42. The Balaban J connectivity index is 1.56. The number of methoxy groups -OCH3 is 1. The van der Waals surface area contributed by atoms with Crippen LogP contribution >= 0.6 is 0 Å². The molecule has 1 saturated heterocycles. The molecule has 0 N–H and O–H groups in total. The van der Waals surface area contributed by atoms with Crippen LogP contribution in [0, 0.1) is 0 Å². The first kappa shape index (κ1) is 23.1. The zero-order chi connectivity index (χ0) is 24.5. The van der Waals surface area contributed by atoms with E-state index in [1.807, 2.05) is 34.6 Å². The minimum absolute atomic E-state index is 0.0238. The normalized spacial score (nSPS) is 17.6. The number of likely N-dealkylation sites (tertiary alicyclic amines) is 1. The van der Waals surface area contributed by atoms with E-state index in [0.717, 1.165) is 66.9 Å². The number of carbonyl (C=O) groups is 2. The third-order valence-electron chi connectivity index (χ3n) is 7.19. The number of amides is 2. The summed E-state index contributed by atoms with van der Waals surface area (Å²) in [6, 6.07) is 9.01. The Labute approximate surface area is 203 Å². The van der Waals surface area contributed by atoms with Crippen molar-refractivity contribution in [2.75, 3.05) is 25.1 Å². The summed E-state index contributed by atoms with van der Waals surface area (Å²) in [5.74, 6) is 0.849. The molecule has 2 aromatic heterocycles. The highest BCUT2D eigenvalue weighted by Crippen LogP contribution is 2.36. The molecule has 0 bridgehead atoms. The SMILES string of the molecule is COC(=O)N1c2ccc3c(nc(CCn4ccccc4=O)n3CC(=O)N3CCCC3)c2CC[C@@H]1C. The lowest BCUT2D eigenvalue weighted by molar-refractivity contribution is -0.130. The second-order valence-corrected chi connectivity index (χ2v) is 9.34. The van der Waals surface area contributed by atoms with E-state index in [0.29, 0.717) is 13.0 Å². The van der Waals surface area contributed by atoms with Crippen molar-refractivity contribution in [2.24, 2.45) is 0 Å². The van der Waals surface area contributed by atoms with Crippen LogP contribution in [-0.2, 0) is 35.5 Å². The Kier molecular flexibility index (Phi) is 6.32. The minimum atomic E-state index is -0.384. The molecule has 9 nitrogen and oxygen atoms in total. The van der Waals surface area contributed by atoms with Gasteiger partial charge in [0.15, 0.2) is 0 Å². The maximum absolute atomic E-state index is 13.1. The van der Waals surface area contributed by atoms with Gasteiger partial charge in [0.05, 0.1) is 23.8 Å². The maximum Gasteiger partial charge on any atom is 0.414 e. The highest BCUT2D eigenvalue weighted by atomic mass is 16.5. The number of anilines is 1. The lowest BCUT2D eigenvalue weighted by atomic mass is 9.96. The van der Waals surface area contributed by atoms with Crippen molar-refractivity contribution in [2.45, 2.75) is 58.2 Å². The molecule has 0 aliphatic carbocycles. The molecule has 0 unspecified atom stereocenters. The van der Waals surface area contributed by atoms with Gasteiger partial charge < -0.3 is 18.8 Å². The third-order valence-corrected chi connectivity index (χ3v) is 7.19. The smallest absolute Gasteiger partial charge is 0.414 e. The van der Waals surface area contributed by atoms with Crippen LogP contribution in [0.25, 0.3) is 11.0 Å². The summed E-state index contributed by atoms with van der Waals surface area (Å²) in [7, 11) is 1.39. The number of aromatic nitrogens is 3. The number of imidazole rings is 1. The predicted octanol–water partition coefficient (Wildman–Crippen LogP) is 2.97. The zero-order valence-corrected chi connectivity index (χ0v) is 20.3. The number of rotatable bonds is 5. The molecule has 5 rings (SSSR count). The number of hydrogen-bond acceptors (Lipinski definition) is 5. The molecular formula is C26H31N5O4. The molecule has 9 heteroatoms. The predicted molar refractivity (Wildman–Crippen MR) is 133 cm³/mol. The fourth-order valence-corrected chi connectivity index (χ4v) is 5.29. The summed E-state index contributed by atoms with van der Waals surface area (Å²) in [6.45, 7) is 4.28. The van der Waals surface area contributed by atoms with E-state index >= 15 is 0 Å². The van der Waals surface area contributed by atoms with Crippen molar-refractivity contribution in [1.29, 1.82) is 0 Å². The van der Waals surface area contributed by atoms with Crippen LogP contribution in [0.5, 0.6) is 0 Å². The van der Waals surface area contributed by atoms with Crippen molar-refractivity contribution < 1.29 is 14.3 Å². The number of benzene rings is 1. The van der Waals surface area contributed by atoms with Crippen LogP contribution in [0.2, 0.25) is 0 Å². The Bertz CT molecular complexity index is 1320. The zero-order valence-electron chi connectivity index (χ0n) is 20.3. The van der Waals surface area contributed by atoms with E-state index in [1.165, 1.54) is 7.11 Å². The number of carbonyl (C=O) groups excluding carboxylic acids is 2. The van der Waals surface area contributed by atoms with Crippen LogP contribution in [0.1, 0.15) is 37.6 Å². The summed E-state index contributed by atoms with van der Waals surface area (Å²) in [4.78, 5) is 46.5. The topological polar surface area (TPSA) is 89.7 Å². The Morgan fingerprint density at radius 1 is 1.14 bits per heavy atom. The van der Waals surface area contributed by atoms with Crippen molar-refractivity contribution in [3.8, 4) is 0 Å². The van der Waals surface area contributed by atoms with Crippen LogP contribution < -0.4 is 10.5 Å². The number of hydrogen-bond donors (Lipinski definition) is 0. The van der Waals surface area contributed by atoms with Crippen LogP contribution in [0.4, 0.5) is 10.5 Å². The van der Waals surface area contributed by atoms with Gasteiger partial charge in [-0.15, -0.1) is 0 Å². The highest BCUT2D eigenvalue weighted by Gasteiger charge is 2.32. The van der Waals surface area contributed by atoms with E-state index in [9.17, 15) is 14.4 Å². The second-order valence-electron chi connectivity index (χ2n) is 9.34. The molecule has 35 heavy (non-hydrogen) atoms. The number of nitrogens with zero attached hydrogens (tertiary/aromatic N) is 5. The molecule has 0 saturated carbocycles. The van der Waals surface area contributed by atoms with Gasteiger partial charge in [-0.25, -0.2) is 9.78 Å². The standard InChI is InChI=1S/C26H31N5O4/c1-18-8-9-19-20(31(18)26(34)35-2)10-11-21-25(19)27-22(12-16-29-13-4-3-7-23(29)32)30(21)17-24(33)28-14-5-6-15-28/h3-4,7,10-11,13,18H,5-6,8-9,12,14-17H2,1-2H3/t18-/m0/s1. The minimum Gasteiger partial charge on any atom is -0.452 e. The molecule has 0 spiro atoms. The fourth-order valence-electron chi connectivity index (χ4n) is 5.29. The summed E-state index contributed by atoms with van der Waals surface area (Å²) >= 11 is 0. The Hall–Kier alpha value is -3.62. The average Bonchev–Trinajstić information content (AvgIpc) is 3.52. The average molecular weight is 478 g/mol. The molecule has 3 aromatic rings. The number of ether oxygens (including phenoxy) is 1. The van der Waals surface area contributed by atoms with Gasteiger partial charge >= 0.3 is 6.09 Å². The summed E-state index contributed by atoms with van der Waals surface area (Å²) in [5, 5.41) is 0. The van der Waals surface area contributed by atoms with E-state index < -0.39 is 0 Å². The first-order chi connectivity index (χ1) is 17.0. The van der Waals surface area contributed by atoms with E-state index in [-0.39, 0.29) is 30.1 Å². The number of fused-ring (bicyclic) bond motifs is 3. The number of aryl methyl sites for hydroxylation is 3. The van der Waals surface area contributed by atoms with E-state index in [4.69, 9.17) is 9.72 Å². The van der Waals surface area contributed by atoms with Gasteiger partial charge in [0.1, 0.15) is 12.4 Å². The molecule has 2 amide bonds. The maximum atomic E-state index is 13.1. The van der Waals surface area contributed by atoms with E-state index in [1.54, 1.807) is 27.8 Å². The molecule has 2 aliphatic heterocycles. The van der Waals surface area contributed by atoms with E-state index in [2.05, 4.69) is 0 Å². The first-order valence-electron chi connectivity index (χ1n) is 12.3. The van der Waals surface area contributed by atoms with Crippen molar-refractivity contribution in [1.82, 2.24) is 19.0 Å². The van der Waals surface area contributed by atoms with Crippen molar-refractivity contribution in [3.63, 3.8) is 0 Å². The largest absolute Gasteiger partial charge is 0.452 e. The molecule has 1 fully saturated rings. The molecule has 0 radical (unpaired) electrons. The van der Waals surface area contributed by atoms with Gasteiger partial charge in [-0.1, -0.05) is 6.07 Å². The Morgan fingerprint density at radius 3 is 2.69 bits per heavy atom. The molecule has 2 aliphatic rings.